The van der Waals surface area contributed by atoms with Crippen molar-refractivity contribution < 1.29 is 23.5 Å². The molecule has 0 unspecified atom stereocenters. The van der Waals surface area contributed by atoms with Crippen molar-refractivity contribution in [1.29, 1.82) is 0 Å². The lowest BCUT2D eigenvalue weighted by Crippen LogP contribution is -2.56. The third-order valence-electron chi connectivity index (χ3n) is 6.38. The fourth-order valence-electron chi connectivity index (χ4n) is 4.50. The summed E-state index contributed by atoms with van der Waals surface area (Å²) in [6.45, 7) is 7.88. The SMILES string of the molecule is Cc1nc(-c2ccccc2)nc(C(=O)N2CCN(C(=O)Cc3ccc(F)cc3)[C@H](C)C2)c1C(=O)OC(C)C. The van der Waals surface area contributed by atoms with Crippen LogP contribution in [0, 0.1) is 12.7 Å². The number of aryl methyl sites for hydroxylation is 1. The van der Waals surface area contributed by atoms with E-state index in [-0.39, 0.29) is 54.6 Å². The van der Waals surface area contributed by atoms with E-state index >= 15 is 0 Å². The first-order chi connectivity index (χ1) is 18.1. The molecule has 0 saturated carbocycles. The van der Waals surface area contributed by atoms with Crippen LogP contribution in [0.5, 0.6) is 0 Å². The zero-order valence-corrected chi connectivity index (χ0v) is 22.0. The molecule has 2 aromatic carbocycles. The van der Waals surface area contributed by atoms with Gasteiger partial charge in [-0.2, -0.15) is 0 Å². The second-order valence-corrected chi connectivity index (χ2v) is 9.67. The highest BCUT2D eigenvalue weighted by molar-refractivity contribution is 6.05. The Labute approximate surface area is 221 Å². The van der Waals surface area contributed by atoms with Crippen LogP contribution in [0.3, 0.4) is 0 Å². The molecule has 1 fully saturated rings. The summed E-state index contributed by atoms with van der Waals surface area (Å²) in [7, 11) is 0. The number of rotatable bonds is 6. The summed E-state index contributed by atoms with van der Waals surface area (Å²) in [5, 5.41) is 0. The number of nitrogens with zero attached hydrogens (tertiary/aromatic N) is 4. The Kier molecular flexibility index (Phi) is 8.14. The molecule has 198 valence electrons. The molecule has 0 spiro atoms. The van der Waals surface area contributed by atoms with E-state index in [9.17, 15) is 18.8 Å². The molecule has 1 aromatic heterocycles. The van der Waals surface area contributed by atoms with Gasteiger partial charge in [-0.1, -0.05) is 42.5 Å². The molecule has 8 nitrogen and oxygen atoms in total. The van der Waals surface area contributed by atoms with Gasteiger partial charge in [0.15, 0.2) is 5.82 Å². The van der Waals surface area contributed by atoms with Crippen LogP contribution in [0.1, 0.15) is 52.9 Å². The zero-order chi connectivity index (χ0) is 27.4. The summed E-state index contributed by atoms with van der Waals surface area (Å²) in [6.07, 6.45) is -0.232. The van der Waals surface area contributed by atoms with Crippen molar-refractivity contribution in [2.45, 2.75) is 46.3 Å². The maximum absolute atomic E-state index is 13.8. The fourth-order valence-corrected chi connectivity index (χ4v) is 4.50. The lowest BCUT2D eigenvalue weighted by Gasteiger charge is -2.40. The first kappa shape index (κ1) is 26.9. The van der Waals surface area contributed by atoms with Crippen LogP contribution < -0.4 is 0 Å². The maximum Gasteiger partial charge on any atom is 0.342 e. The minimum absolute atomic E-state index is 0.0136. The number of benzene rings is 2. The Hall–Kier alpha value is -4.14. The van der Waals surface area contributed by atoms with Gasteiger partial charge in [0.05, 0.1) is 18.2 Å². The number of hydrogen-bond acceptors (Lipinski definition) is 6. The third kappa shape index (κ3) is 6.04. The van der Waals surface area contributed by atoms with E-state index < -0.39 is 11.9 Å². The lowest BCUT2D eigenvalue weighted by atomic mass is 10.1. The van der Waals surface area contributed by atoms with Gasteiger partial charge in [0.2, 0.25) is 5.91 Å². The summed E-state index contributed by atoms with van der Waals surface area (Å²) in [5.41, 5.74) is 1.83. The topological polar surface area (TPSA) is 92.7 Å². The Morgan fingerprint density at radius 1 is 1.03 bits per heavy atom. The van der Waals surface area contributed by atoms with Gasteiger partial charge in [0.25, 0.3) is 5.91 Å². The van der Waals surface area contributed by atoms with E-state index in [0.29, 0.717) is 18.1 Å². The quantitative estimate of drug-likeness (QED) is 0.457. The number of amides is 2. The monoisotopic (exact) mass is 518 g/mol. The van der Waals surface area contributed by atoms with Crippen LogP contribution in [-0.2, 0) is 16.0 Å². The van der Waals surface area contributed by atoms with E-state index in [1.807, 2.05) is 37.3 Å². The summed E-state index contributed by atoms with van der Waals surface area (Å²) >= 11 is 0. The maximum atomic E-state index is 13.8. The van der Waals surface area contributed by atoms with Crippen LogP contribution in [0.2, 0.25) is 0 Å². The summed E-state index contributed by atoms with van der Waals surface area (Å²) in [5.74, 6) is -1.17. The largest absolute Gasteiger partial charge is 0.459 e. The second-order valence-electron chi connectivity index (χ2n) is 9.67. The molecule has 38 heavy (non-hydrogen) atoms. The van der Waals surface area contributed by atoms with Gasteiger partial charge in [0.1, 0.15) is 17.1 Å². The average Bonchev–Trinajstić information content (AvgIpc) is 2.89. The van der Waals surface area contributed by atoms with Crippen molar-refractivity contribution in [3.05, 3.63) is 82.9 Å². The molecule has 1 saturated heterocycles. The second kappa shape index (κ2) is 11.5. The summed E-state index contributed by atoms with van der Waals surface area (Å²) < 4.78 is 18.6. The van der Waals surface area contributed by atoms with Crippen molar-refractivity contribution in [3.63, 3.8) is 0 Å². The highest BCUT2D eigenvalue weighted by Crippen LogP contribution is 2.23. The molecule has 2 heterocycles. The van der Waals surface area contributed by atoms with E-state index in [2.05, 4.69) is 9.97 Å². The van der Waals surface area contributed by atoms with Crippen molar-refractivity contribution in [2.24, 2.45) is 0 Å². The number of aromatic nitrogens is 2. The van der Waals surface area contributed by atoms with Gasteiger partial charge in [-0.15, -0.1) is 0 Å². The van der Waals surface area contributed by atoms with Crippen molar-refractivity contribution in [1.82, 2.24) is 19.8 Å². The van der Waals surface area contributed by atoms with Crippen molar-refractivity contribution in [2.75, 3.05) is 19.6 Å². The highest BCUT2D eigenvalue weighted by atomic mass is 19.1. The molecule has 3 aromatic rings. The van der Waals surface area contributed by atoms with Gasteiger partial charge < -0.3 is 14.5 Å². The number of halogens is 1. The lowest BCUT2D eigenvalue weighted by molar-refractivity contribution is -0.134. The van der Waals surface area contributed by atoms with E-state index in [0.717, 1.165) is 11.1 Å². The number of carbonyl (C=O) groups is 3. The van der Waals surface area contributed by atoms with Crippen LogP contribution >= 0.6 is 0 Å². The van der Waals surface area contributed by atoms with Gasteiger partial charge in [0, 0.05) is 31.2 Å². The van der Waals surface area contributed by atoms with Crippen LogP contribution in [0.25, 0.3) is 11.4 Å². The molecule has 0 N–H and O–H groups in total. The molecular formula is C29H31FN4O4. The van der Waals surface area contributed by atoms with Gasteiger partial charge >= 0.3 is 5.97 Å². The number of esters is 1. The van der Waals surface area contributed by atoms with Gasteiger partial charge in [-0.3, -0.25) is 9.59 Å². The summed E-state index contributed by atoms with van der Waals surface area (Å²) in [6, 6.07) is 14.8. The first-order valence-electron chi connectivity index (χ1n) is 12.6. The Bertz CT molecular complexity index is 1330. The molecule has 1 aliphatic heterocycles. The number of ether oxygens (including phenoxy) is 1. The highest BCUT2D eigenvalue weighted by Gasteiger charge is 2.34. The van der Waals surface area contributed by atoms with Crippen LogP contribution in [0.15, 0.2) is 54.6 Å². The van der Waals surface area contributed by atoms with Crippen molar-refractivity contribution >= 4 is 17.8 Å². The van der Waals surface area contributed by atoms with E-state index in [1.165, 1.54) is 12.1 Å². The average molecular weight is 519 g/mol. The van der Waals surface area contributed by atoms with E-state index in [1.54, 1.807) is 42.7 Å². The predicted molar refractivity (Wildman–Crippen MR) is 140 cm³/mol. The summed E-state index contributed by atoms with van der Waals surface area (Å²) in [4.78, 5) is 52.1. The van der Waals surface area contributed by atoms with Crippen LogP contribution in [-0.4, -0.2) is 69.3 Å². The molecule has 2 amide bonds. The predicted octanol–water partition coefficient (Wildman–Crippen LogP) is 4.07. The fraction of sp³-hybridized carbons (Fsp3) is 0.345. The smallest absolute Gasteiger partial charge is 0.342 e. The molecule has 9 heteroatoms. The standard InChI is InChI=1S/C29H31FN4O4/c1-18(2)38-29(37)25-20(4)31-27(22-8-6-5-7-9-22)32-26(25)28(36)33-14-15-34(19(3)17-33)24(35)16-21-10-12-23(30)13-11-21/h5-13,18-19H,14-17H2,1-4H3/t19-/m1/s1. The molecule has 0 radical (unpaired) electrons. The normalized spacial score (nSPS) is 15.5. The number of piperazine rings is 1. The first-order valence-corrected chi connectivity index (χ1v) is 12.6. The molecule has 4 rings (SSSR count). The number of carbonyl (C=O) groups excluding carboxylic acids is 3. The van der Waals surface area contributed by atoms with Gasteiger partial charge in [-0.05, 0) is 45.4 Å². The number of hydrogen-bond donors (Lipinski definition) is 0. The van der Waals surface area contributed by atoms with E-state index in [4.69, 9.17) is 4.74 Å². The molecule has 1 aliphatic rings. The molecular weight excluding hydrogens is 487 g/mol. The third-order valence-corrected chi connectivity index (χ3v) is 6.38. The Morgan fingerprint density at radius 3 is 2.34 bits per heavy atom. The molecule has 0 bridgehead atoms. The minimum atomic E-state index is -0.651. The van der Waals surface area contributed by atoms with Crippen LogP contribution in [0.4, 0.5) is 4.39 Å². The Morgan fingerprint density at radius 2 is 1.71 bits per heavy atom. The molecule has 1 atom stereocenters. The van der Waals surface area contributed by atoms with Gasteiger partial charge in [-0.25, -0.2) is 19.2 Å². The minimum Gasteiger partial charge on any atom is -0.459 e. The molecule has 0 aliphatic carbocycles. The van der Waals surface area contributed by atoms with Crippen molar-refractivity contribution in [3.8, 4) is 11.4 Å². The Balaban J connectivity index is 1.58. The zero-order valence-electron chi connectivity index (χ0n) is 22.0.